The summed E-state index contributed by atoms with van der Waals surface area (Å²) in [6, 6.07) is 20.4. The molecule has 0 saturated heterocycles. The second kappa shape index (κ2) is 6.92. The van der Waals surface area contributed by atoms with E-state index in [1.165, 1.54) is 5.56 Å². The molecule has 2 aliphatic rings. The first-order valence-electron chi connectivity index (χ1n) is 9.27. The van der Waals surface area contributed by atoms with Crippen molar-refractivity contribution in [3.05, 3.63) is 89.0 Å². The maximum Gasteiger partial charge on any atom is 0.162 e. The number of alkyl halides is 1. The summed E-state index contributed by atoms with van der Waals surface area (Å²) in [6.07, 6.45) is 0.136. The third-order valence-electron chi connectivity index (χ3n) is 5.57. The molecule has 2 aliphatic carbocycles. The van der Waals surface area contributed by atoms with E-state index in [4.69, 9.17) is 0 Å². The normalized spacial score (nSPS) is 21.1. The Morgan fingerprint density at radius 3 is 2.46 bits per heavy atom. The van der Waals surface area contributed by atoms with Gasteiger partial charge in [0.05, 0.1) is 3.92 Å². The highest BCUT2D eigenvalue weighted by atomic mass is 127. The summed E-state index contributed by atoms with van der Waals surface area (Å²) in [4.78, 5) is 2.10. The fourth-order valence-electron chi connectivity index (χ4n) is 4.24. The van der Waals surface area contributed by atoms with E-state index in [0.29, 0.717) is 5.57 Å². The van der Waals surface area contributed by atoms with Crippen LogP contribution in [-0.2, 0) is 0 Å². The molecule has 4 heteroatoms. The zero-order chi connectivity index (χ0) is 19.4. The van der Waals surface area contributed by atoms with E-state index in [1.807, 2.05) is 43.3 Å². The molecular weight excluding hydrogens is 485 g/mol. The Morgan fingerprint density at radius 1 is 0.964 bits per heavy atom. The summed E-state index contributed by atoms with van der Waals surface area (Å²) >= 11 is 4.05. The minimum absolute atomic E-state index is 0.0254. The first-order valence-corrected chi connectivity index (χ1v) is 11.3. The van der Waals surface area contributed by atoms with Gasteiger partial charge in [0.2, 0.25) is 0 Å². The van der Waals surface area contributed by atoms with E-state index >= 15 is 4.39 Å². The Labute approximate surface area is 180 Å². The molecular formula is C24H17F2IS. The van der Waals surface area contributed by atoms with Gasteiger partial charge < -0.3 is 0 Å². The highest BCUT2D eigenvalue weighted by molar-refractivity contribution is 14.1. The van der Waals surface area contributed by atoms with Crippen molar-refractivity contribution in [2.75, 3.05) is 0 Å². The lowest BCUT2D eigenvalue weighted by atomic mass is 9.82. The van der Waals surface area contributed by atoms with E-state index in [9.17, 15) is 4.39 Å². The van der Waals surface area contributed by atoms with E-state index < -0.39 is 11.7 Å². The van der Waals surface area contributed by atoms with Crippen LogP contribution in [0.5, 0.6) is 0 Å². The first kappa shape index (κ1) is 18.3. The Bertz CT molecular complexity index is 1140. The van der Waals surface area contributed by atoms with Gasteiger partial charge in [0, 0.05) is 27.3 Å². The van der Waals surface area contributed by atoms with Gasteiger partial charge in [-0.2, -0.15) is 0 Å². The molecule has 0 aliphatic heterocycles. The average Bonchev–Trinajstić information content (AvgIpc) is 3.11. The monoisotopic (exact) mass is 502 g/mol. The second-order valence-corrected chi connectivity index (χ2v) is 9.62. The molecule has 1 heterocycles. The number of thiophene rings is 1. The maximum atomic E-state index is 15.2. The molecule has 0 amide bonds. The van der Waals surface area contributed by atoms with Crippen LogP contribution in [0.15, 0.2) is 77.9 Å². The van der Waals surface area contributed by atoms with Crippen LogP contribution in [0.3, 0.4) is 0 Å². The second-order valence-electron chi connectivity index (χ2n) is 7.32. The van der Waals surface area contributed by atoms with Gasteiger partial charge in [-0.15, -0.1) is 11.3 Å². The molecule has 0 saturated carbocycles. The van der Waals surface area contributed by atoms with Crippen molar-refractivity contribution in [1.29, 1.82) is 0 Å². The van der Waals surface area contributed by atoms with Gasteiger partial charge in [-0.05, 0) is 34.2 Å². The zero-order valence-corrected chi connectivity index (χ0v) is 18.2. The molecule has 2 unspecified atom stereocenters. The summed E-state index contributed by atoms with van der Waals surface area (Å²) in [5.41, 5.74) is 5.70. The van der Waals surface area contributed by atoms with Crippen molar-refractivity contribution in [2.24, 2.45) is 5.92 Å². The predicted molar refractivity (Wildman–Crippen MR) is 122 cm³/mol. The fraction of sp³-hybridized carbons (Fsp3) is 0.167. The van der Waals surface area contributed by atoms with Crippen molar-refractivity contribution in [1.82, 2.24) is 0 Å². The molecule has 28 heavy (non-hydrogen) atoms. The molecule has 0 N–H and O–H groups in total. The third-order valence-corrected chi connectivity index (χ3v) is 8.13. The fourth-order valence-corrected chi connectivity index (χ4v) is 6.93. The molecule has 0 nitrogen and oxygen atoms in total. The smallest absolute Gasteiger partial charge is 0.162 e. The van der Waals surface area contributed by atoms with Crippen molar-refractivity contribution in [2.45, 2.75) is 17.3 Å². The van der Waals surface area contributed by atoms with E-state index in [0.717, 1.165) is 32.0 Å². The van der Waals surface area contributed by atoms with Gasteiger partial charge in [0.1, 0.15) is 5.83 Å². The van der Waals surface area contributed by atoms with E-state index in [1.54, 1.807) is 11.3 Å². The van der Waals surface area contributed by atoms with Crippen molar-refractivity contribution in [3.8, 4) is 20.9 Å². The Kier molecular flexibility index (Phi) is 4.51. The number of allylic oxidation sites excluding steroid dienone is 4. The van der Waals surface area contributed by atoms with Crippen LogP contribution in [0.1, 0.15) is 28.4 Å². The molecule has 0 bridgehead atoms. The average molecular weight is 502 g/mol. The Hall–Kier alpha value is -1.79. The van der Waals surface area contributed by atoms with Crippen LogP contribution in [0.25, 0.3) is 26.5 Å². The molecule has 5 rings (SSSR count). The summed E-state index contributed by atoms with van der Waals surface area (Å²) in [7, 11) is 0. The van der Waals surface area contributed by atoms with Crippen LogP contribution in [0.2, 0.25) is 0 Å². The molecule has 1 aromatic heterocycles. The predicted octanol–water partition coefficient (Wildman–Crippen LogP) is 8.52. The minimum Gasteiger partial charge on any atom is -0.209 e. The van der Waals surface area contributed by atoms with E-state index in [-0.39, 0.29) is 16.3 Å². The molecule has 0 spiro atoms. The lowest BCUT2D eigenvalue weighted by Crippen LogP contribution is -2.13. The van der Waals surface area contributed by atoms with Gasteiger partial charge in [0.25, 0.3) is 0 Å². The van der Waals surface area contributed by atoms with Crippen molar-refractivity contribution in [3.63, 3.8) is 0 Å². The van der Waals surface area contributed by atoms with Crippen LogP contribution in [0, 0.1) is 5.92 Å². The number of hydrogen-bond donors (Lipinski definition) is 0. The molecule has 140 valence electrons. The lowest BCUT2D eigenvalue weighted by molar-refractivity contribution is 0.471. The summed E-state index contributed by atoms with van der Waals surface area (Å²) in [5, 5.41) is 0. The minimum atomic E-state index is -0.679. The summed E-state index contributed by atoms with van der Waals surface area (Å²) in [5.74, 6) is -1.34. The van der Waals surface area contributed by atoms with Gasteiger partial charge in [0.15, 0.2) is 5.83 Å². The standard InChI is InChI=1S/C24H17F2IS/c1-13-11-18(25)22(26)21-17-12-19(14-7-3-2-4-8-14)28-24(17)16-10-6-5-9-15(16)23(27)20(13)21/h2-10,12-13,23H,11H2,1H3. The summed E-state index contributed by atoms with van der Waals surface area (Å²) in [6.45, 7) is 2.01. The molecule has 0 radical (unpaired) electrons. The Balaban J connectivity index is 1.86. The lowest BCUT2D eigenvalue weighted by Gasteiger charge is -2.27. The van der Waals surface area contributed by atoms with Gasteiger partial charge in [-0.1, -0.05) is 84.1 Å². The number of benzene rings is 2. The maximum absolute atomic E-state index is 15.2. The number of fused-ring (bicyclic) bond motifs is 4. The van der Waals surface area contributed by atoms with Crippen LogP contribution in [0.4, 0.5) is 8.78 Å². The van der Waals surface area contributed by atoms with Gasteiger partial charge >= 0.3 is 0 Å². The first-order chi connectivity index (χ1) is 13.6. The van der Waals surface area contributed by atoms with Gasteiger partial charge in [-0.25, -0.2) is 8.78 Å². The van der Waals surface area contributed by atoms with Crippen molar-refractivity contribution < 1.29 is 8.78 Å². The topological polar surface area (TPSA) is 0 Å². The number of rotatable bonds is 1. The van der Waals surface area contributed by atoms with Crippen LogP contribution >= 0.6 is 33.9 Å². The highest BCUT2D eigenvalue weighted by Crippen LogP contribution is 2.56. The number of hydrogen-bond acceptors (Lipinski definition) is 1. The SMILES string of the molecule is CC1CC(F)=C(F)C2=C1C(I)c1ccccc1-c1sc(-c3ccccc3)cc12. The zero-order valence-electron chi connectivity index (χ0n) is 15.2. The van der Waals surface area contributed by atoms with Crippen LogP contribution < -0.4 is 0 Å². The van der Waals surface area contributed by atoms with Gasteiger partial charge in [-0.3, -0.25) is 0 Å². The summed E-state index contributed by atoms with van der Waals surface area (Å²) < 4.78 is 29.7. The van der Waals surface area contributed by atoms with E-state index in [2.05, 4.69) is 46.9 Å². The van der Waals surface area contributed by atoms with Crippen LogP contribution in [-0.4, -0.2) is 0 Å². The molecule has 2 aromatic carbocycles. The Morgan fingerprint density at radius 2 is 1.68 bits per heavy atom. The molecule has 2 atom stereocenters. The third kappa shape index (κ3) is 2.72. The highest BCUT2D eigenvalue weighted by Gasteiger charge is 2.37. The number of halogens is 3. The molecule has 3 aromatic rings. The quantitative estimate of drug-likeness (QED) is 0.231. The largest absolute Gasteiger partial charge is 0.209 e. The van der Waals surface area contributed by atoms with Crippen molar-refractivity contribution >= 4 is 39.5 Å². The molecule has 0 fully saturated rings.